The average Bonchev–Trinajstić information content (AvgIpc) is 2.50. The van der Waals surface area contributed by atoms with Gasteiger partial charge in [-0.15, -0.1) is 6.58 Å². The highest BCUT2D eigenvalue weighted by Crippen LogP contribution is 2.69. The van der Waals surface area contributed by atoms with Crippen molar-refractivity contribution in [2.45, 2.75) is 79.1 Å². The maximum absolute atomic E-state index is 12.2. The molecule has 4 unspecified atom stereocenters. The number of aliphatic carboxylic acids is 1. The number of allylic oxidation sites excluding steroid dienone is 3. The smallest absolute Gasteiger partial charge is 0.309 e. The highest BCUT2D eigenvalue weighted by Gasteiger charge is 2.63. The van der Waals surface area contributed by atoms with Gasteiger partial charge in [-0.3, -0.25) is 4.79 Å². The molecule has 0 heterocycles. The molecule has 1 fully saturated rings. The van der Waals surface area contributed by atoms with Crippen molar-refractivity contribution in [2.75, 3.05) is 0 Å². The summed E-state index contributed by atoms with van der Waals surface area (Å²) in [6.45, 7) is 13.0. The van der Waals surface area contributed by atoms with Gasteiger partial charge in [-0.25, -0.2) is 0 Å². The van der Waals surface area contributed by atoms with E-state index in [0.29, 0.717) is 0 Å². The lowest BCUT2D eigenvalue weighted by atomic mass is 9.40. The first-order chi connectivity index (χ1) is 10.6. The van der Waals surface area contributed by atoms with Crippen LogP contribution in [0.15, 0.2) is 23.8 Å². The maximum Gasteiger partial charge on any atom is 0.309 e. The lowest BCUT2D eigenvalue weighted by Gasteiger charge is -2.63. The zero-order chi connectivity index (χ0) is 17.1. The molecule has 3 aliphatic rings. The molecule has 0 aromatic carbocycles. The lowest BCUT2D eigenvalue weighted by molar-refractivity contribution is -0.173. The van der Waals surface area contributed by atoms with E-state index in [2.05, 4.69) is 33.4 Å². The highest BCUT2D eigenvalue weighted by atomic mass is 16.4. The van der Waals surface area contributed by atoms with Crippen LogP contribution in [-0.2, 0) is 4.79 Å². The molecule has 1 saturated carbocycles. The summed E-state index contributed by atoms with van der Waals surface area (Å²) < 4.78 is 0. The molecule has 0 bridgehead atoms. The van der Waals surface area contributed by atoms with Gasteiger partial charge in [0, 0.05) is 0 Å². The average molecular weight is 316 g/mol. The van der Waals surface area contributed by atoms with E-state index in [9.17, 15) is 9.90 Å². The Morgan fingerprint density at radius 1 is 1.09 bits per heavy atom. The van der Waals surface area contributed by atoms with Crippen LogP contribution in [0.5, 0.6) is 0 Å². The number of hydrogen-bond acceptors (Lipinski definition) is 1. The van der Waals surface area contributed by atoms with E-state index in [0.717, 1.165) is 51.4 Å². The van der Waals surface area contributed by atoms with Gasteiger partial charge in [0.1, 0.15) is 0 Å². The third-order valence-electron chi connectivity index (χ3n) is 8.34. The molecule has 2 heteroatoms. The summed E-state index contributed by atoms with van der Waals surface area (Å²) in [5.74, 6) is -0.596. The van der Waals surface area contributed by atoms with Crippen molar-refractivity contribution in [1.82, 2.24) is 0 Å². The molecule has 0 radical (unpaired) electrons. The number of carbonyl (C=O) groups is 1. The van der Waals surface area contributed by atoms with Crippen LogP contribution in [0.3, 0.4) is 0 Å². The molecule has 0 aliphatic heterocycles. The first-order valence-electron chi connectivity index (χ1n) is 9.20. The molecule has 0 spiro atoms. The number of rotatable bonds is 2. The second kappa shape index (κ2) is 4.97. The summed E-state index contributed by atoms with van der Waals surface area (Å²) in [7, 11) is 0. The molecule has 3 rings (SSSR count). The molecule has 0 aromatic rings. The molecule has 1 N–H and O–H groups in total. The van der Waals surface area contributed by atoms with Gasteiger partial charge in [0.15, 0.2) is 0 Å². The van der Waals surface area contributed by atoms with E-state index in [4.69, 9.17) is 0 Å². The zero-order valence-electron chi connectivity index (χ0n) is 15.3. The Bertz CT molecular complexity index is 589. The molecule has 2 nitrogen and oxygen atoms in total. The molecule has 4 atom stereocenters. The Balaban J connectivity index is 2.09. The van der Waals surface area contributed by atoms with E-state index in [1.807, 2.05) is 6.92 Å². The summed E-state index contributed by atoms with van der Waals surface area (Å²) in [5.41, 5.74) is 2.77. The minimum absolute atomic E-state index is 0.0501. The zero-order valence-corrected chi connectivity index (χ0v) is 15.3. The Labute approximate surface area is 141 Å². The van der Waals surface area contributed by atoms with Gasteiger partial charge in [-0.05, 0) is 68.1 Å². The number of fused-ring (bicyclic) bond motifs is 2. The Kier molecular flexibility index (Phi) is 3.63. The van der Waals surface area contributed by atoms with E-state index in [1.165, 1.54) is 0 Å². The molecule has 3 aliphatic carbocycles. The molecule has 23 heavy (non-hydrogen) atoms. The quantitative estimate of drug-likeness (QED) is 0.659. The van der Waals surface area contributed by atoms with E-state index >= 15 is 0 Å². The minimum Gasteiger partial charge on any atom is -0.481 e. The van der Waals surface area contributed by atoms with Gasteiger partial charge in [0.05, 0.1) is 5.41 Å². The third kappa shape index (κ3) is 2.03. The first kappa shape index (κ1) is 16.8. The standard InChI is InChI=1S/C21H32O2/c1-6-18(2)12-9-16-15(14-18)8-13-21(5)19(16,3)10-7-11-20(21,4)17(22)23/h6H,1,7-14H2,2-5H3,(H,22,23). The van der Waals surface area contributed by atoms with Crippen LogP contribution in [0, 0.1) is 21.7 Å². The van der Waals surface area contributed by atoms with Crippen molar-refractivity contribution in [1.29, 1.82) is 0 Å². The monoisotopic (exact) mass is 316 g/mol. The van der Waals surface area contributed by atoms with Crippen molar-refractivity contribution >= 4 is 5.97 Å². The van der Waals surface area contributed by atoms with Crippen LogP contribution in [-0.4, -0.2) is 11.1 Å². The SMILES string of the molecule is C=CC1(C)CCC2=C(CCC3(C)C(C)(C(=O)O)CCCC23C)C1. The third-order valence-corrected chi connectivity index (χ3v) is 8.34. The maximum atomic E-state index is 12.2. The molecular formula is C21H32O2. The van der Waals surface area contributed by atoms with Gasteiger partial charge in [-0.2, -0.15) is 0 Å². The number of carboxylic acid groups (broad SMARTS) is 1. The molecule has 0 aromatic heterocycles. The molecule has 0 saturated heterocycles. The number of hydrogen-bond donors (Lipinski definition) is 1. The fourth-order valence-corrected chi connectivity index (χ4v) is 6.09. The fourth-order valence-electron chi connectivity index (χ4n) is 6.09. The Morgan fingerprint density at radius 3 is 2.39 bits per heavy atom. The summed E-state index contributed by atoms with van der Waals surface area (Å²) in [4.78, 5) is 12.2. The largest absolute Gasteiger partial charge is 0.481 e. The predicted molar refractivity (Wildman–Crippen MR) is 94.2 cm³/mol. The Morgan fingerprint density at radius 2 is 1.78 bits per heavy atom. The second-order valence-electron chi connectivity index (χ2n) is 9.27. The normalized spacial score (nSPS) is 46.8. The Hall–Kier alpha value is -1.05. The van der Waals surface area contributed by atoms with Gasteiger partial charge in [0.2, 0.25) is 0 Å². The van der Waals surface area contributed by atoms with Crippen LogP contribution in [0.25, 0.3) is 0 Å². The number of carboxylic acids is 1. The molecule has 128 valence electrons. The van der Waals surface area contributed by atoms with Gasteiger partial charge < -0.3 is 5.11 Å². The van der Waals surface area contributed by atoms with Crippen LogP contribution >= 0.6 is 0 Å². The molecular weight excluding hydrogens is 284 g/mol. The summed E-state index contributed by atoms with van der Waals surface area (Å²) >= 11 is 0. The topological polar surface area (TPSA) is 37.3 Å². The van der Waals surface area contributed by atoms with E-state index in [-0.39, 0.29) is 16.2 Å². The summed E-state index contributed by atoms with van der Waals surface area (Å²) in [6, 6.07) is 0. The van der Waals surface area contributed by atoms with E-state index in [1.54, 1.807) is 11.1 Å². The fraction of sp³-hybridized carbons (Fsp3) is 0.762. The van der Waals surface area contributed by atoms with Crippen molar-refractivity contribution in [3.05, 3.63) is 23.8 Å². The van der Waals surface area contributed by atoms with Crippen molar-refractivity contribution in [3.8, 4) is 0 Å². The van der Waals surface area contributed by atoms with Crippen molar-refractivity contribution in [3.63, 3.8) is 0 Å². The first-order valence-corrected chi connectivity index (χ1v) is 9.20. The van der Waals surface area contributed by atoms with Crippen molar-refractivity contribution < 1.29 is 9.90 Å². The second-order valence-corrected chi connectivity index (χ2v) is 9.27. The van der Waals surface area contributed by atoms with Gasteiger partial charge >= 0.3 is 5.97 Å². The van der Waals surface area contributed by atoms with Crippen LogP contribution in [0.4, 0.5) is 0 Å². The van der Waals surface area contributed by atoms with Crippen LogP contribution in [0.2, 0.25) is 0 Å². The summed E-state index contributed by atoms with van der Waals surface area (Å²) in [5, 5.41) is 10.0. The van der Waals surface area contributed by atoms with Gasteiger partial charge in [-0.1, -0.05) is 44.4 Å². The van der Waals surface area contributed by atoms with E-state index < -0.39 is 11.4 Å². The van der Waals surface area contributed by atoms with Crippen LogP contribution in [0.1, 0.15) is 79.1 Å². The highest BCUT2D eigenvalue weighted by molar-refractivity contribution is 5.76. The lowest BCUT2D eigenvalue weighted by Crippen LogP contribution is -2.58. The summed E-state index contributed by atoms with van der Waals surface area (Å²) in [6.07, 6.45) is 10.6. The van der Waals surface area contributed by atoms with Crippen molar-refractivity contribution in [2.24, 2.45) is 21.7 Å². The molecule has 0 amide bonds. The predicted octanol–water partition coefficient (Wildman–Crippen LogP) is 5.74. The minimum atomic E-state index is -0.599. The van der Waals surface area contributed by atoms with Gasteiger partial charge in [0.25, 0.3) is 0 Å². The van der Waals surface area contributed by atoms with Crippen LogP contribution < -0.4 is 0 Å².